The third kappa shape index (κ3) is 6.45. The molecular weight excluding hydrogens is 250 g/mol. The molecule has 0 unspecified atom stereocenters. The van der Waals surface area contributed by atoms with Gasteiger partial charge in [-0.1, -0.05) is 39.3 Å². The van der Waals surface area contributed by atoms with Crippen molar-refractivity contribution < 1.29 is 4.74 Å². The van der Waals surface area contributed by atoms with Crippen LogP contribution in [-0.2, 0) is 0 Å². The van der Waals surface area contributed by atoms with E-state index in [0.717, 1.165) is 25.1 Å². The second-order valence-corrected chi connectivity index (χ2v) is 5.12. The Balaban J connectivity index is 2.22. The molecule has 0 fully saturated rings. The predicted molar refractivity (Wildman–Crippen MR) is 85.4 cm³/mol. The van der Waals surface area contributed by atoms with Gasteiger partial charge in [-0.25, -0.2) is 0 Å². The maximum atomic E-state index is 5.73. The molecule has 0 spiro atoms. The van der Waals surface area contributed by atoms with Crippen molar-refractivity contribution in [3.63, 3.8) is 0 Å². The number of rotatable bonds is 8. The first-order valence-electron chi connectivity index (χ1n) is 7.40. The highest BCUT2D eigenvalue weighted by Crippen LogP contribution is 2.18. The highest BCUT2D eigenvalue weighted by molar-refractivity contribution is 5.77. The normalized spacial score (nSPS) is 11.7. The minimum absolute atomic E-state index is 0.497. The van der Waals surface area contributed by atoms with Gasteiger partial charge >= 0.3 is 0 Å². The number of hydrogen-bond donors (Lipinski definition) is 2. The van der Waals surface area contributed by atoms with E-state index >= 15 is 0 Å². The van der Waals surface area contributed by atoms with Crippen molar-refractivity contribution in [2.45, 2.75) is 39.5 Å². The summed E-state index contributed by atoms with van der Waals surface area (Å²) in [5, 5.41) is 3.04. The summed E-state index contributed by atoms with van der Waals surface area (Å²) in [6.45, 7) is 8.52. The van der Waals surface area contributed by atoms with Gasteiger partial charge in [-0.2, -0.15) is 0 Å². The van der Waals surface area contributed by atoms with E-state index in [0.29, 0.717) is 25.0 Å². The van der Waals surface area contributed by atoms with Crippen LogP contribution in [0.2, 0.25) is 0 Å². The first-order valence-corrected chi connectivity index (χ1v) is 7.40. The lowest BCUT2D eigenvalue weighted by atomic mass is 10.0. The van der Waals surface area contributed by atoms with Gasteiger partial charge in [0.15, 0.2) is 5.96 Å². The second-order valence-electron chi connectivity index (χ2n) is 5.12. The van der Waals surface area contributed by atoms with Gasteiger partial charge < -0.3 is 15.8 Å². The molecule has 0 amide bonds. The number of unbranched alkanes of at least 4 members (excludes halogenated alkanes) is 1. The molecule has 0 aliphatic carbocycles. The Labute approximate surface area is 122 Å². The molecule has 0 aliphatic rings. The fourth-order valence-electron chi connectivity index (χ4n) is 1.71. The highest BCUT2D eigenvalue weighted by Gasteiger charge is 1.99. The van der Waals surface area contributed by atoms with Crippen molar-refractivity contribution in [3.8, 4) is 5.75 Å². The minimum Gasteiger partial charge on any atom is -0.492 e. The molecule has 4 nitrogen and oxygen atoms in total. The molecule has 0 bridgehead atoms. The average Bonchev–Trinajstić information content (AvgIpc) is 2.44. The van der Waals surface area contributed by atoms with Crippen molar-refractivity contribution in [1.29, 1.82) is 0 Å². The van der Waals surface area contributed by atoms with E-state index in [4.69, 9.17) is 10.5 Å². The van der Waals surface area contributed by atoms with Gasteiger partial charge in [-0.05, 0) is 30.0 Å². The summed E-state index contributed by atoms with van der Waals surface area (Å²) in [6, 6.07) is 8.23. The van der Waals surface area contributed by atoms with Gasteiger partial charge in [0.2, 0.25) is 0 Å². The molecule has 3 N–H and O–H groups in total. The molecule has 112 valence electrons. The topological polar surface area (TPSA) is 59.6 Å². The van der Waals surface area contributed by atoms with Crippen LogP contribution in [0, 0.1) is 0 Å². The second kappa shape index (κ2) is 9.23. The van der Waals surface area contributed by atoms with E-state index in [2.05, 4.69) is 43.2 Å². The third-order valence-corrected chi connectivity index (χ3v) is 3.02. The van der Waals surface area contributed by atoms with Crippen LogP contribution in [0.3, 0.4) is 0 Å². The summed E-state index contributed by atoms with van der Waals surface area (Å²) in [5.41, 5.74) is 7.05. The van der Waals surface area contributed by atoms with Crippen LogP contribution in [0.25, 0.3) is 0 Å². The van der Waals surface area contributed by atoms with E-state index in [1.54, 1.807) is 0 Å². The molecule has 0 radical (unpaired) electrons. The summed E-state index contributed by atoms with van der Waals surface area (Å²) in [4.78, 5) is 4.22. The largest absolute Gasteiger partial charge is 0.492 e. The van der Waals surface area contributed by atoms with Gasteiger partial charge in [-0.3, -0.25) is 4.99 Å². The number of nitrogens with one attached hydrogen (secondary N) is 1. The van der Waals surface area contributed by atoms with Crippen LogP contribution in [0.15, 0.2) is 29.3 Å². The maximum absolute atomic E-state index is 5.73. The van der Waals surface area contributed by atoms with Crippen molar-refractivity contribution in [1.82, 2.24) is 5.32 Å². The number of nitrogens with zero attached hydrogens (tertiary/aromatic N) is 1. The molecule has 0 saturated carbocycles. The Kier molecular flexibility index (Phi) is 7.55. The third-order valence-electron chi connectivity index (χ3n) is 3.02. The van der Waals surface area contributed by atoms with Crippen molar-refractivity contribution in [2.75, 3.05) is 19.7 Å². The monoisotopic (exact) mass is 277 g/mol. The van der Waals surface area contributed by atoms with Crippen LogP contribution in [0.1, 0.15) is 45.1 Å². The molecule has 1 rings (SSSR count). The van der Waals surface area contributed by atoms with Crippen molar-refractivity contribution >= 4 is 5.96 Å². The molecule has 1 aromatic carbocycles. The first kappa shape index (κ1) is 16.3. The lowest BCUT2D eigenvalue weighted by Gasteiger charge is -2.10. The number of aliphatic imine (C=N–C) groups is 1. The Morgan fingerprint density at radius 2 is 2.00 bits per heavy atom. The zero-order valence-electron chi connectivity index (χ0n) is 12.9. The van der Waals surface area contributed by atoms with E-state index in [1.807, 2.05) is 12.1 Å². The molecule has 4 heteroatoms. The zero-order chi connectivity index (χ0) is 14.8. The first-order chi connectivity index (χ1) is 9.63. The van der Waals surface area contributed by atoms with E-state index in [9.17, 15) is 0 Å². The predicted octanol–water partition coefficient (Wildman–Crippen LogP) is 2.89. The van der Waals surface area contributed by atoms with Gasteiger partial charge in [0, 0.05) is 6.54 Å². The maximum Gasteiger partial charge on any atom is 0.188 e. The Hall–Kier alpha value is -1.71. The molecule has 20 heavy (non-hydrogen) atoms. The number of benzene rings is 1. The average molecular weight is 277 g/mol. The van der Waals surface area contributed by atoms with Crippen LogP contribution >= 0.6 is 0 Å². The number of hydrogen-bond acceptors (Lipinski definition) is 2. The quantitative estimate of drug-likeness (QED) is 0.436. The number of nitrogens with two attached hydrogens (primary N) is 1. The Morgan fingerprint density at radius 1 is 1.30 bits per heavy atom. The fourth-order valence-corrected chi connectivity index (χ4v) is 1.71. The number of ether oxygens (including phenoxy) is 1. The lowest BCUT2D eigenvalue weighted by molar-refractivity contribution is 0.322. The molecular formula is C16H27N3O. The fraction of sp³-hybridized carbons (Fsp3) is 0.562. The molecule has 0 aliphatic heterocycles. The highest BCUT2D eigenvalue weighted by atomic mass is 16.5. The van der Waals surface area contributed by atoms with Crippen molar-refractivity contribution in [3.05, 3.63) is 29.8 Å². The molecule has 1 aromatic rings. The number of guanidine groups is 1. The van der Waals surface area contributed by atoms with E-state index in [-0.39, 0.29) is 0 Å². The van der Waals surface area contributed by atoms with Crippen molar-refractivity contribution in [2.24, 2.45) is 10.7 Å². The van der Waals surface area contributed by atoms with Gasteiger partial charge in [0.05, 0.1) is 6.54 Å². The molecule has 0 atom stereocenters. The lowest BCUT2D eigenvalue weighted by Crippen LogP contribution is -2.34. The Bertz CT molecular complexity index is 399. The van der Waals surface area contributed by atoms with Gasteiger partial charge in [0.25, 0.3) is 0 Å². The molecule has 0 heterocycles. The molecule has 0 saturated heterocycles. The zero-order valence-corrected chi connectivity index (χ0v) is 12.9. The van der Waals surface area contributed by atoms with Crippen LogP contribution in [0.5, 0.6) is 5.75 Å². The van der Waals surface area contributed by atoms with Crippen LogP contribution < -0.4 is 15.8 Å². The van der Waals surface area contributed by atoms with Gasteiger partial charge in [0.1, 0.15) is 12.4 Å². The van der Waals surface area contributed by atoms with E-state index in [1.165, 1.54) is 5.56 Å². The summed E-state index contributed by atoms with van der Waals surface area (Å²) in [7, 11) is 0. The van der Waals surface area contributed by atoms with E-state index < -0.39 is 0 Å². The summed E-state index contributed by atoms with van der Waals surface area (Å²) in [6.07, 6.45) is 2.20. The van der Waals surface area contributed by atoms with Gasteiger partial charge in [-0.15, -0.1) is 0 Å². The summed E-state index contributed by atoms with van der Waals surface area (Å²) >= 11 is 0. The summed E-state index contributed by atoms with van der Waals surface area (Å²) < 4.78 is 5.64. The summed E-state index contributed by atoms with van der Waals surface area (Å²) in [5.74, 6) is 1.93. The SMILES string of the molecule is CCCCN=C(N)NCCOc1ccc(C(C)C)cc1. The van der Waals surface area contributed by atoms with Crippen LogP contribution in [-0.4, -0.2) is 25.7 Å². The Morgan fingerprint density at radius 3 is 2.60 bits per heavy atom. The smallest absolute Gasteiger partial charge is 0.188 e. The van der Waals surface area contributed by atoms with Crippen LogP contribution in [0.4, 0.5) is 0 Å². The standard InChI is InChI=1S/C16H27N3O/c1-4-5-10-18-16(17)19-11-12-20-15-8-6-14(7-9-15)13(2)3/h6-9,13H,4-5,10-12H2,1-3H3,(H3,17,18,19). The molecule has 0 aromatic heterocycles. The minimum atomic E-state index is 0.497.